The number of sulfonamides is 1. The number of carboxylic acid groups (broad SMARTS) is 1. The van der Waals surface area contributed by atoms with Gasteiger partial charge in [-0.25, -0.2) is 13.2 Å². The zero-order valence-corrected chi connectivity index (χ0v) is 15.0. The fourth-order valence-electron chi connectivity index (χ4n) is 3.58. The number of aryl methyl sites for hydroxylation is 2. The summed E-state index contributed by atoms with van der Waals surface area (Å²) in [6.07, 6.45) is 2.17. The molecule has 7 heteroatoms. The number of carboxylic acids is 1. The molecule has 0 bridgehead atoms. The van der Waals surface area contributed by atoms with Gasteiger partial charge in [-0.2, -0.15) is 0 Å². The topological polar surface area (TPSA) is 99.3 Å². The van der Waals surface area contributed by atoms with Gasteiger partial charge in [-0.05, 0) is 73.7 Å². The molecular formula is C19H18N2O4S. The Kier molecular flexibility index (Phi) is 3.77. The van der Waals surface area contributed by atoms with Crippen molar-refractivity contribution in [3.8, 4) is 0 Å². The molecule has 26 heavy (non-hydrogen) atoms. The van der Waals surface area contributed by atoms with Crippen molar-refractivity contribution >= 4 is 32.6 Å². The molecule has 0 amide bonds. The second kappa shape index (κ2) is 5.88. The maximum absolute atomic E-state index is 13.0. The van der Waals surface area contributed by atoms with Crippen LogP contribution in [0.2, 0.25) is 0 Å². The molecule has 0 saturated carbocycles. The summed E-state index contributed by atoms with van der Waals surface area (Å²) in [4.78, 5) is 14.6. The minimum absolute atomic E-state index is 0.00253. The van der Waals surface area contributed by atoms with E-state index in [-0.39, 0.29) is 10.5 Å². The Balaban J connectivity index is 1.77. The van der Waals surface area contributed by atoms with E-state index < -0.39 is 16.0 Å². The van der Waals surface area contributed by atoms with E-state index in [9.17, 15) is 18.3 Å². The monoisotopic (exact) mass is 370 g/mol. The molecule has 2 aromatic carbocycles. The van der Waals surface area contributed by atoms with Crippen molar-refractivity contribution in [2.24, 2.45) is 0 Å². The van der Waals surface area contributed by atoms with Gasteiger partial charge >= 0.3 is 5.97 Å². The average molecular weight is 370 g/mol. The van der Waals surface area contributed by atoms with Crippen LogP contribution < -0.4 is 4.72 Å². The van der Waals surface area contributed by atoms with Crippen molar-refractivity contribution in [1.82, 2.24) is 4.98 Å². The highest BCUT2D eigenvalue weighted by Crippen LogP contribution is 2.31. The van der Waals surface area contributed by atoms with Crippen molar-refractivity contribution in [1.29, 1.82) is 0 Å². The van der Waals surface area contributed by atoms with E-state index in [4.69, 9.17) is 0 Å². The van der Waals surface area contributed by atoms with E-state index in [1.54, 1.807) is 18.2 Å². The van der Waals surface area contributed by atoms with Crippen molar-refractivity contribution in [3.63, 3.8) is 0 Å². The zero-order chi connectivity index (χ0) is 18.5. The zero-order valence-electron chi connectivity index (χ0n) is 14.2. The lowest BCUT2D eigenvalue weighted by Crippen LogP contribution is -2.16. The molecule has 3 aromatic rings. The predicted molar refractivity (Wildman–Crippen MR) is 99.3 cm³/mol. The largest absolute Gasteiger partial charge is 0.478 e. The number of aromatic carboxylic acids is 1. The van der Waals surface area contributed by atoms with Crippen LogP contribution >= 0.6 is 0 Å². The molecule has 0 unspecified atom stereocenters. The van der Waals surface area contributed by atoms with Crippen LogP contribution in [0.1, 0.15) is 33.6 Å². The molecule has 1 aromatic heterocycles. The second-order valence-corrected chi connectivity index (χ2v) is 8.28. The van der Waals surface area contributed by atoms with Gasteiger partial charge in [0.05, 0.1) is 10.5 Å². The molecular weight excluding hydrogens is 352 g/mol. The number of aromatic amines is 1. The van der Waals surface area contributed by atoms with Gasteiger partial charge in [0.25, 0.3) is 10.0 Å². The highest BCUT2D eigenvalue weighted by molar-refractivity contribution is 7.92. The van der Waals surface area contributed by atoms with Gasteiger partial charge in [0, 0.05) is 22.3 Å². The van der Waals surface area contributed by atoms with Crippen molar-refractivity contribution < 1.29 is 18.3 Å². The molecule has 1 aliphatic rings. The number of benzene rings is 2. The highest BCUT2D eigenvalue weighted by Gasteiger charge is 2.26. The Bertz CT molecular complexity index is 1150. The fraction of sp³-hybridized carbons (Fsp3) is 0.211. The van der Waals surface area contributed by atoms with Crippen molar-refractivity contribution in [2.45, 2.75) is 31.1 Å². The van der Waals surface area contributed by atoms with Gasteiger partial charge in [0.1, 0.15) is 0 Å². The van der Waals surface area contributed by atoms with Crippen LogP contribution in [0.5, 0.6) is 0 Å². The van der Waals surface area contributed by atoms with Crippen molar-refractivity contribution in [2.75, 3.05) is 4.72 Å². The Morgan fingerprint density at radius 3 is 2.73 bits per heavy atom. The van der Waals surface area contributed by atoms with E-state index in [2.05, 4.69) is 9.71 Å². The molecule has 1 aliphatic carbocycles. The highest BCUT2D eigenvalue weighted by atomic mass is 32.2. The molecule has 0 atom stereocenters. The van der Waals surface area contributed by atoms with E-state index in [1.807, 2.05) is 19.1 Å². The van der Waals surface area contributed by atoms with Crippen LogP contribution in [-0.2, 0) is 22.9 Å². The summed E-state index contributed by atoms with van der Waals surface area (Å²) >= 11 is 0. The first kappa shape index (κ1) is 16.7. The molecule has 6 nitrogen and oxygen atoms in total. The van der Waals surface area contributed by atoms with Gasteiger partial charge in [-0.3, -0.25) is 4.72 Å². The summed E-state index contributed by atoms with van der Waals surface area (Å²) < 4.78 is 28.5. The SMILES string of the molecule is Cc1cc2cc(NS(=O)(=O)c3cc(C(=O)O)cc4c3CCC4)ccc2[nH]1. The van der Waals surface area contributed by atoms with Crippen LogP contribution in [0.4, 0.5) is 5.69 Å². The average Bonchev–Trinajstić information content (AvgIpc) is 3.17. The Morgan fingerprint density at radius 1 is 1.15 bits per heavy atom. The summed E-state index contributed by atoms with van der Waals surface area (Å²) in [6, 6.07) is 10.1. The van der Waals surface area contributed by atoms with Crippen LogP contribution in [0.3, 0.4) is 0 Å². The Morgan fingerprint density at radius 2 is 1.96 bits per heavy atom. The standard InChI is InChI=1S/C19H18N2O4S/c1-11-7-13-9-15(5-6-17(13)20-11)21-26(24,25)18-10-14(19(22)23)8-12-3-2-4-16(12)18/h5-10,20-21H,2-4H2,1H3,(H,22,23). The lowest BCUT2D eigenvalue weighted by atomic mass is 10.1. The lowest BCUT2D eigenvalue weighted by Gasteiger charge is -2.13. The van der Waals surface area contributed by atoms with Gasteiger partial charge in [-0.1, -0.05) is 0 Å². The molecule has 134 valence electrons. The van der Waals surface area contributed by atoms with Crippen molar-refractivity contribution in [3.05, 3.63) is 58.8 Å². The third-order valence-electron chi connectivity index (χ3n) is 4.72. The maximum atomic E-state index is 13.0. The smallest absolute Gasteiger partial charge is 0.335 e. The quantitative estimate of drug-likeness (QED) is 0.655. The second-order valence-electron chi connectivity index (χ2n) is 6.63. The predicted octanol–water partition coefficient (Wildman–Crippen LogP) is 3.46. The number of H-pyrrole nitrogens is 1. The third-order valence-corrected chi connectivity index (χ3v) is 6.17. The normalized spacial score (nSPS) is 13.7. The molecule has 0 aliphatic heterocycles. The number of hydrogen-bond donors (Lipinski definition) is 3. The van der Waals surface area contributed by atoms with Gasteiger partial charge in [-0.15, -0.1) is 0 Å². The van der Waals surface area contributed by atoms with E-state index >= 15 is 0 Å². The number of rotatable bonds is 4. The minimum atomic E-state index is -3.88. The number of fused-ring (bicyclic) bond motifs is 2. The fourth-order valence-corrected chi connectivity index (χ4v) is 4.97. The maximum Gasteiger partial charge on any atom is 0.335 e. The summed E-state index contributed by atoms with van der Waals surface area (Å²) in [5.41, 5.74) is 3.90. The van der Waals surface area contributed by atoms with Crippen LogP contribution in [0.25, 0.3) is 10.9 Å². The van der Waals surface area contributed by atoms with Gasteiger partial charge < -0.3 is 10.1 Å². The molecule has 0 spiro atoms. The van der Waals surface area contributed by atoms with E-state index in [0.29, 0.717) is 18.5 Å². The molecule has 0 radical (unpaired) electrons. The summed E-state index contributed by atoms with van der Waals surface area (Å²) in [5, 5.41) is 10.2. The lowest BCUT2D eigenvalue weighted by molar-refractivity contribution is 0.0696. The molecule has 3 N–H and O–H groups in total. The van der Waals surface area contributed by atoms with Crippen LogP contribution in [0.15, 0.2) is 41.3 Å². The van der Waals surface area contributed by atoms with Gasteiger partial charge in [0.2, 0.25) is 0 Å². The molecule has 0 saturated heterocycles. The number of hydrogen-bond acceptors (Lipinski definition) is 3. The van der Waals surface area contributed by atoms with Crippen LogP contribution in [-0.4, -0.2) is 24.5 Å². The third kappa shape index (κ3) is 2.84. The first-order chi connectivity index (χ1) is 12.3. The Labute approximate surface area is 150 Å². The van der Waals surface area contributed by atoms with E-state index in [1.165, 1.54) is 6.07 Å². The molecule has 4 rings (SSSR count). The Hall–Kier alpha value is -2.80. The summed E-state index contributed by atoms with van der Waals surface area (Å²) in [7, 11) is -3.88. The summed E-state index contributed by atoms with van der Waals surface area (Å²) in [6.45, 7) is 1.94. The first-order valence-corrected chi connectivity index (χ1v) is 9.83. The number of aromatic nitrogens is 1. The number of nitrogens with one attached hydrogen (secondary N) is 2. The number of carbonyl (C=O) groups is 1. The molecule has 0 fully saturated rings. The van der Waals surface area contributed by atoms with Crippen LogP contribution in [0, 0.1) is 6.92 Å². The summed E-state index contributed by atoms with van der Waals surface area (Å²) in [5.74, 6) is -1.12. The minimum Gasteiger partial charge on any atom is -0.478 e. The first-order valence-electron chi connectivity index (χ1n) is 8.35. The van der Waals surface area contributed by atoms with E-state index in [0.717, 1.165) is 34.1 Å². The van der Waals surface area contributed by atoms with Gasteiger partial charge in [0.15, 0.2) is 0 Å². The number of anilines is 1. The molecule has 1 heterocycles.